The molecule has 0 atom stereocenters. The van der Waals surface area contributed by atoms with Gasteiger partial charge in [-0.3, -0.25) is 4.98 Å². The minimum atomic E-state index is 0.699. The number of nitrogens with zero attached hydrogens (tertiary/aromatic N) is 3. The zero-order valence-electron chi connectivity index (χ0n) is 19.9. The van der Waals surface area contributed by atoms with Crippen LogP contribution in [0.2, 0.25) is 0 Å². The Morgan fingerprint density at radius 3 is 2.00 bits per heavy atom. The van der Waals surface area contributed by atoms with Crippen LogP contribution in [0, 0.1) is 0 Å². The van der Waals surface area contributed by atoms with Gasteiger partial charge >= 0.3 is 0 Å². The molecular weight excluding hydrogens is 470 g/mol. The van der Waals surface area contributed by atoms with Crippen LogP contribution in [0.15, 0.2) is 128 Å². The van der Waals surface area contributed by atoms with Crippen LogP contribution in [-0.4, -0.2) is 15.0 Å². The Morgan fingerprint density at radius 2 is 1.14 bits per heavy atom. The Morgan fingerprint density at radius 1 is 0.432 bits per heavy atom. The van der Waals surface area contributed by atoms with Crippen molar-refractivity contribution in [2.45, 2.75) is 0 Å². The van der Waals surface area contributed by atoms with E-state index < -0.39 is 0 Å². The third-order valence-electron chi connectivity index (χ3n) is 6.55. The Kier molecular flexibility index (Phi) is 5.30. The first-order valence-electron chi connectivity index (χ1n) is 12.2. The van der Waals surface area contributed by atoms with E-state index in [4.69, 9.17) is 9.97 Å². The third kappa shape index (κ3) is 4.07. The van der Waals surface area contributed by atoms with Gasteiger partial charge in [-0.25, -0.2) is 9.97 Å². The Hall–Kier alpha value is -4.67. The van der Waals surface area contributed by atoms with Gasteiger partial charge in [0.05, 0.1) is 17.1 Å². The first-order chi connectivity index (χ1) is 18.3. The third-order valence-corrected chi connectivity index (χ3v) is 7.70. The van der Waals surface area contributed by atoms with Crippen LogP contribution in [-0.2, 0) is 0 Å². The monoisotopic (exact) mass is 491 g/mol. The fourth-order valence-corrected chi connectivity index (χ4v) is 5.80. The molecule has 0 aliphatic heterocycles. The molecule has 37 heavy (non-hydrogen) atoms. The molecule has 0 N–H and O–H groups in total. The molecule has 0 bridgehead atoms. The smallest absolute Gasteiger partial charge is 0.160 e. The summed E-state index contributed by atoms with van der Waals surface area (Å²) in [6, 6.07) is 41.9. The van der Waals surface area contributed by atoms with E-state index in [9.17, 15) is 0 Å². The molecule has 3 nitrogen and oxygen atoms in total. The zero-order chi connectivity index (χ0) is 24.6. The summed E-state index contributed by atoms with van der Waals surface area (Å²) >= 11 is 1.83. The summed E-state index contributed by atoms with van der Waals surface area (Å²) < 4.78 is 2.58. The molecular formula is C33H21N3S. The van der Waals surface area contributed by atoms with Gasteiger partial charge in [-0.1, -0.05) is 78.9 Å². The molecule has 0 unspecified atom stereocenters. The van der Waals surface area contributed by atoms with Crippen LogP contribution in [0.4, 0.5) is 0 Å². The van der Waals surface area contributed by atoms with Gasteiger partial charge in [0.25, 0.3) is 0 Å². The first kappa shape index (κ1) is 21.6. The van der Waals surface area contributed by atoms with E-state index in [1.54, 1.807) is 0 Å². The number of thiophene rings is 1. The number of hydrogen-bond acceptors (Lipinski definition) is 4. The van der Waals surface area contributed by atoms with Crippen molar-refractivity contribution < 1.29 is 0 Å². The van der Waals surface area contributed by atoms with E-state index >= 15 is 0 Å². The Balaban J connectivity index is 1.41. The van der Waals surface area contributed by atoms with Crippen molar-refractivity contribution in [3.05, 3.63) is 128 Å². The normalized spacial score (nSPS) is 11.2. The van der Waals surface area contributed by atoms with Crippen molar-refractivity contribution in [2.24, 2.45) is 0 Å². The number of benzene rings is 4. The quantitative estimate of drug-likeness (QED) is 0.247. The predicted octanol–water partition coefficient (Wildman–Crippen LogP) is 8.91. The second-order valence-electron chi connectivity index (χ2n) is 8.93. The van der Waals surface area contributed by atoms with Crippen molar-refractivity contribution in [3.63, 3.8) is 0 Å². The molecule has 0 fully saturated rings. The summed E-state index contributed by atoms with van der Waals surface area (Å²) in [5.41, 5.74) is 6.89. The van der Waals surface area contributed by atoms with Crippen molar-refractivity contribution >= 4 is 31.5 Å². The van der Waals surface area contributed by atoms with Gasteiger partial charge in [0, 0.05) is 48.6 Å². The van der Waals surface area contributed by atoms with E-state index in [1.807, 2.05) is 60.0 Å². The van der Waals surface area contributed by atoms with Gasteiger partial charge in [0.15, 0.2) is 5.82 Å². The molecule has 0 saturated heterocycles. The summed E-state index contributed by atoms with van der Waals surface area (Å²) in [7, 11) is 0. The maximum absolute atomic E-state index is 5.08. The molecule has 3 aromatic heterocycles. The van der Waals surface area contributed by atoms with Gasteiger partial charge < -0.3 is 0 Å². The van der Waals surface area contributed by atoms with Gasteiger partial charge in [-0.05, 0) is 42.5 Å². The minimum absolute atomic E-state index is 0.699. The first-order valence-corrected chi connectivity index (χ1v) is 13.0. The molecule has 0 aliphatic carbocycles. The molecule has 0 aliphatic rings. The zero-order valence-corrected chi connectivity index (χ0v) is 20.7. The SMILES string of the molecule is c1ccc(-c2cc(-c3ccc4sc5ccccc5c4c3)nc(-c3cccc(-c4ccccn4)c3)n2)cc1. The highest BCUT2D eigenvalue weighted by Crippen LogP contribution is 2.37. The Labute approximate surface area is 218 Å². The van der Waals surface area contributed by atoms with Crippen LogP contribution in [0.1, 0.15) is 0 Å². The molecule has 0 saturated carbocycles. The minimum Gasteiger partial charge on any atom is -0.256 e. The molecule has 7 aromatic rings. The highest BCUT2D eigenvalue weighted by atomic mass is 32.1. The average molecular weight is 492 g/mol. The van der Waals surface area contributed by atoms with Gasteiger partial charge in [-0.2, -0.15) is 0 Å². The molecule has 0 spiro atoms. The lowest BCUT2D eigenvalue weighted by Crippen LogP contribution is -1.96. The maximum atomic E-state index is 5.08. The fourth-order valence-electron chi connectivity index (χ4n) is 4.72. The highest BCUT2D eigenvalue weighted by Gasteiger charge is 2.13. The highest BCUT2D eigenvalue weighted by molar-refractivity contribution is 7.25. The molecule has 7 rings (SSSR count). The lowest BCUT2D eigenvalue weighted by molar-refractivity contribution is 1.18. The molecule has 0 radical (unpaired) electrons. The Bertz CT molecular complexity index is 1880. The summed E-state index contributed by atoms with van der Waals surface area (Å²) in [5, 5.41) is 2.54. The van der Waals surface area contributed by atoms with Crippen molar-refractivity contribution in [1.29, 1.82) is 0 Å². The van der Waals surface area contributed by atoms with Gasteiger partial charge in [-0.15, -0.1) is 11.3 Å². The van der Waals surface area contributed by atoms with Crippen molar-refractivity contribution in [2.75, 3.05) is 0 Å². The van der Waals surface area contributed by atoms with Crippen LogP contribution in [0.5, 0.6) is 0 Å². The lowest BCUT2D eigenvalue weighted by Gasteiger charge is -2.10. The van der Waals surface area contributed by atoms with Crippen molar-refractivity contribution in [1.82, 2.24) is 15.0 Å². The van der Waals surface area contributed by atoms with E-state index in [-0.39, 0.29) is 0 Å². The number of rotatable bonds is 4. The van der Waals surface area contributed by atoms with Crippen LogP contribution < -0.4 is 0 Å². The molecule has 0 amide bonds. The van der Waals surface area contributed by atoms with E-state index in [0.29, 0.717) is 5.82 Å². The van der Waals surface area contributed by atoms with E-state index in [1.165, 1.54) is 20.2 Å². The number of hydrogen-bond donors (Lipinski definition) is 0. The van der Waals surface area contributed by atoms with E-state index in [2.05, 4.69) is 83.8 Å². The molecule has 4 heteroatoms. The van der Waals surface area contributed by atoms with Crippen LogP contribution in [0.25, 0.3) is 65.3 Å². The van der Waals surface area contributed by atoms with Crippen LogP contribution in [0.3, 0.4) is 0 Å². The summed E-state index contributed by atoms with van der Waals surface area (Å²) in [4.78, 5) is 14.6. The molecule has 4 aromatic carbocycles. The largest absolute Gasteiger partial charge is 0.256 e. The van der Waals surface area contributed by atoms with Crippen LogP contribution >= 0.6 is 11.3 Å². The molecule has 174 valence electrons. The number of aromatic nitrogens is 3. The van der Waals surface area contributed by atoms with Crippen molar-refractivity contribution in [3.8, 4) is 45.2 Å². The molecule has 3 heterocycles. The van der Waals surface area contributed by atoms with Gasteiger partial charge in [0.1, 0.15) is 0 Å². The fraction of sp³-hybridized carbons (Fsp3) is 0. The lowest BCUT2D eigenvalue weighted by atomic mass is 10.0. The average Bonchev–Trinajstić information content (AvgIpc) is 3.36. The number of fused-ring (bicyclic) bond motifs is 3. The summed E-state index contributed by atoms with van der Waals surface area (Å²) in [6.07, 6.45) is 1.82. The topological polar surface area (TPSA) is 38.7 Å². The number of pyridine rings is 1. The second kappa shape index (κ2) is 9.08. The second-order valence-corrected chi connectivity index (χ2v) is 10.0. The maximum Gasteiger partial charge on any atom is 0.160 e. The van der Waals surface area contributed by atoms with E-state index in [0.717, 1.165) is 39.3 Å². The summed E-state index contributed by atoms with van der Waals surface area (Å²) in [6.45, 7) is 0. The predicted molar refractivity (Wildman–Crippen MR) is 154 cm³/mol. The van der Waals surface area contributed by atoms with Gasteiger partial charge in [0.2, 0.25) is 0 Å². The standard InChI is InChI=1S/C33H21N3S/c1-2-9-22(10-3-1)29-21-30(24-16-17-32-27(20-24)26-13-4-5-15-31(26)37-32)36-33(35-29)25-12-8-11-23(19-25)28-14-6-7-18-34-28/h1-21H. The summed E-state index contributed by atoms with van der Waals surface area (Å²) in [5.74, 6) is 0.699.